The standard InChI is InChI=1S/C18H16F3NO3/c1-24-18(23)15-3-2-12(19)17(22-15)16-13(20)8-11(9-14(16)21)10-4-6-25-7-5-10/h2-3,8-10H,4-7H2,1H3. The summed E-state index contributed by atoms with van der Waals surface area (Å²) >= 11 is 0. The van der Waals surface area contributed by atoms with Gasteiger partial charge in [0.15, 0.2) is 0 Å². The lowest BCUT2D eigenvalue weighted by Gasteiger charge is -2.23. The van der Waals surface area contributed by atoms with Gasteiger partial charge in [0, 0.05) is 13.2 Å². The predicted molar refractivity (Wildman–Crippen MR) is 83.7 cm³/mol. The second kappa shape index (κ2) is 7.23. The zero-order valence-electron chi connectivity index (χ0n) is 13.5. The highest BCUT2D eigenvalue weighted by Gasteiger charge is 2.23. The van der Waals surface area contributed by atoms with E-state index in [9.17, 15) is 18.0 Å². The number of benzene rings is 1. The summed E-state index contributed by atoms with van der Waals surface area (Å²) in [7, 11) is 1.14. The Hall–Kier alpha value is -2.41. The van der Waals surface area contributed by atoms with Crippen LogP contribution in [0.3, 0.4) is 0 Å². The molecule has 0 atom stereocenters. The fourth-order valence-electron chi connectivity index (χ4n) is 2.92. The summed E-state index contributed by atoms with van der Waals surface area (Å²) in [4.78, 5) is 15.3. The fraction of sp³-hybridized carbons (Fsp3) is 0.333. The highest BCUT2D eigenvalue weighted by Crippen LogP contribution is 2.33. The average Bonchev–Trinajstić information content (AvgIpc) is 2.62. The molecule has 7 heteroatoms. The number of ether oxygens (including phenoxy) is 2. The maximum Gasteiger partial charge on any atom is 0.356 e. The first-order valence-electron chi connectivity index (χ1n) is 7.83. The second-order valence-electron chi connectivity index (χ2n) is 5.76. The van der Waals surface area contributed by atoms with E-state index < -0.39 is 34.7 Å². The predicted octanol–water partition coefficient (Wildman–Crippen LogP) is 3.85. The molecule has 2 aromatic rings. The van der Waals surface area contributed by atoms with Crippen molar-refractivity contribution in [1.82, 2.24) is 4.98 Å². The van der Waals surface area contributed by atoms with Gasteiger partial charge < -0.3 is 9.47 Å². The van der Waals surface area contributed by atoms with Crippen LogP contribution in [-0.4, -0.2) is 31.3 Å². The molecule has 1 aliphatic rings. The number of methoxy groups -OCH3 is 1. The van der Waals surface area contributed by atoms with E-state index >= 15 is 0 Å². The van der Waals surface area contributed by atoms with Crippen LogP contribution in [0.4, 0.5) is 13.2 Å². The normalized spacial score (nSPS) is 15.2. The molecule has 1 fully saturated rings. The molecule has 0 amide bonds. The van der Waals surface area contributed by atoms with Gasteiger partial charge in [-0.3, -0.25) is 0 Å². The second-order valence-corrected chi connectivity index (χ2v) is 5.76. The Morgan fingerprint density at radius 3 is 2.36 bits per heavy atom. The van der Waals surface area contributed by atoms with Crippen LogP contribution in [0.5, 0.6) is 0 Å². The quantitative estimate of drug-likeness (QED) is 0.788. The van der Waals surface area contributed by atoms with Crippen LogP contribution < -0.4 is 0 Å². The van der Waals surface area contributed by atoms with Crippen LogP contribution in [0.1, 0.15) is 34.8 Å². The van der Waals surface area contributed by atoms with Gasteiger partial charge in [-0.25, -0.2) is 22.9 Å². The van der Waals surface area contributed by atoms with Crippen molar-refractivity contribution in [1.29, 1.82) is 0 Å². The van der Waals surface area contributed by atoms with Gasteiger partial charge in [0.25, 0.3) is 0 Å². The molecule has 1 saturated heterocycles. The Morgan fingerprint density at radius 2 is 1.76 bits per heavy atom. The molecule has 4 nitrogen and oxygen atoms in total. The lowest BCUT2D eigenvalue weighted by Crippen LogP contribution is -2.15. The van der Waals surface area contributed by atoms with E-state index in [0.29, 0.717) is 31.6 Å². The number of halogens is 3. The van der Waals surface area contributed by atoms with E-state index in [1.807, 2.05) is 0 Å². The Morgan fingerprint density at radius 1 is 1.12 bits per heavy atom. The van der Waals surface area contributed by atoms with Gasteiger partial charge in [0.2, 0.25) is 0 Å². The van der Waals surface area contributed by atoms with Gasteiger partial charge in [0.05, 0.1) is 12.7 Å². The monoisotopic (exact) mass is 351 g/mol. The number of carbonyl (C=O) groups excluding carboxylic acids is 1. The number of hydrogen-bond acceptors (Lipinski definition) is 4. The van der Waals surface area contributed by atoms with Crippen LogP contribution in [0.15, 0.2) is 24.3 Å². The van der Waals surface area contributed by atoms with Crippen molar-refractivity contribution in [3.05, 3.63) is 53.0 Å². The molecule has 25 heavy (non-hydrogen) atoms. The molecule has 1 aromatic heterocycles. The molecule has 1 aliphatic heterocycles. The lowest BCUT2D eigenvalue weighted by atomic mass is 9.90. The van der Waals surface area contributed by atoms with E-state index in [0.717, 1.165) is 19.2 Å². The molecule has 132 valence electrons. The van der Waals surface area contributed by atoms with Gasteiger partial charge in [-0.2, -0.15) is 0 Å². The number of nitrogens with zero attached hydrogens (tertiary/aromatic N) is 1. The van der Waals surface area contributed by atoms with Crippen molar-refractivity contribution in [3.8, 4) is 11.3 Å². The molecule has 0 saturated carbocycles. The van der Waals surface area contributed by atoms with E-state index in [-0.39, 0.29) is 11.6 Å². The summed E-state index contributed by atoms with van der Waals surface area (Å²) < 4.78 is 52.9. The van der Waals surface area contributed by atoms with Gasteiger partial charge in [-0.15, -0.1) is 0 Å². The zero-order valence-corrected chi connectivity index (χ0v) is 13.5. The third-order valence-corrected chi connectivity index (χ3v) is 4.23. The third kappa shape index (κ3) is 3.51. The zero-order chi connectivity index (χ0) is 18.0. The van der Waals surface area contributed by atoms with Crippen molar-refractivity contribution in [3.63, 3.8) is 0 Å². The molecule has 3 rings (SSSR count). The highest BCUT2D eigenvalue weighted by molar-refractivity contribution is 5.87. The molecular weight excluding hydrogens is 335 g/mol. The third-order valence-electron chi connectivity index (χ3n) is 4.23. The number of rotatable bonds is 3. The van der Waals surface area contributed by atoms with Crippen LogP contribution in [0.2, 0.25) is 0 Å². The van der Waals surface area contributed by atoms with Crippen molar-refractivity contribution in [2.45, 2.75) is 18.8 Å². The number of aromatic nitrogens is 1. The molecule has 0 N–H and O–H groups in total. The summed E-state index contributed by atoms with van der Waals surface area (Å²) in [5.41, 5.74) is -0.881. The van der Waals surface area contributed by atoms with Crippen LogP contribution in [-0.2, 0) is 9.47 Å². The number of carbonyl (C=O) groups is 1. The molecule has 0 radical (unpaired) electrons. The maximum atomic E-state index is 14.6. The minimum atomic E-state index is -0.927. The summed E-state index contributed by atoms with van der Waals surface area (Å²) in [6, 6.07) is 4.41. The molecule has 0 bridgehead atoms. The first-order valence-corrected chi connectivity index (χ1v) is 7.83. The van der Waals surface area contributed by atoms with E-state index in [1.54, 1.807) is 0 Å². The molecule has 1 aromatic carbocycles. The van der Waals surface area contributed by atoms with Gasteiger partial charge in [-0.1, -0.05) is 0 Å². The van der Waals surface area contributed by atoms with E-state index in [2.05, 4.69) is 9.72 Å². The minimum Gasteiger partial charge on any atom is -0.464 e. The highest BCUT2D eigenvalue weighted by atomic mass is 19.1. The van der Waals surface area contributed by atoms with Crippen LogP contribution in [0, 0.1) is 17.5 Å². The molecular formula is C18H16F3NO3. The summed E-state index contributed by atoms with van der Waals surface area (Å²) in [6.07, 6.45) is 1.34. The Kier molecular flexibility index (Phi) is 5.03. The molecule has 0 aliphatic carbocycles. The number of pyridine rings is 1. The summed E-state index contributed by atoms with van der Waals surface area (Å²) in [6.45, 7) is 1.07. The summed E-state index contributed by atoms with van der Waals surface area (Å²) in [5.74, 6) is -3.60. The smallest absolute Gasteiger partial charge is 0.356 e. The maximum absolute atomic E-state index is 14.6. The first-order chi connectivity index (χ1) is 12.0. The fourth-order valence-corrected chi connectivity index (χ4v) is 2.92. The Balaban J connectivity index is 2.04. The molecule has 0 unspecified atom stereocenters. The van der Waals surface area contributed by atoms with Crippen molar-refractivity contribution in [2.24, 2.45) is 0 Å². The number of hydrogen-bond donors (Lipinski definition) is 0. The minimum absolute atomic E-state index is 0.00832. The van der Waals surface area contributed by atoms with Crippen LogP contribution >= 0.6 is 0 Å². The number of esters is 1. The average molecular weight is 351 g/mol. The largest absolute Gasteiger partial charge is 0.464 e. The van der Waals surface area contributed by atoms with Gasteiger partial charge in [0.1, 0.15) is 28.8 Å². The molecule has 2 heterocycles. The topological polar surface area (TPSA) is 48.4 Å². The van der Waals surface area contributed by atoms with Crippen molar-refractivity contribution >= 4 is 5.97 Å². The summed E-state index contributed by atoms with van der Waals surface area (Å²) in [5, 5.41) is 0. The Labute approximate surface area is 142 Å². The van der Waals surface area contributed by atoms with Crippen LogP contribution in [0.25, 0.3) is 11.3 Å². The van der Waals surface area contributed by atoms with E-state index in [4.69, 9.17) is 4.74 Å². The lowest BCUT2D eigenvalue weighted by molar-refractivity contribution is 0.0594. The van der Waals surface area contributed by atoms with Crippen molar-refractivity contribution in [2.75, 3.05) is 20.3 Å². The van der Waals surface area contributed by atoms with Gasteiger partial charge in [-0.05, 0) is 48.6 Å². The van der Waals surface area contributed by atoms with E-state index in [1.165, 1.54) is 12.1 Å². The molecule has 0 spiro atoms. The van der Waals surface area contributed by atoms with Gasteiger partial charge >= 0.3 is 5.97 Å². The first kappa shape index (κ1) is 17.4. The Bertz CT molecular complexity index is 781. The van der Waals surface area contributed by atoms with Crippen molar-refractivity contribution < 1.29 is 27.4 Å². The SMILES string of the molecule is COC(=O)c1ccc(F)c(-c2c(F)cc(C3CCOCC3)cc2F)n1.